The van der Waals surface area contributed by atoms with Gasteiger partial charge >= 0.3 is 0 Å². The Bertz CT molecular complexity index is 4990. The number of aromatic hydroxyl groups is 1. The summed E-state index contributed by atoms with van der Waals surface area (Å²) in [6, 6.07) is 12.1. The standard InChI is InChI=1S/C93H121F2N17O18S/c1-9-10-24-75-92(128)112-41-18-26-74(112)87(123)105-71(50-130-53-113)85(121)107-80(55(4)5)93(129)109(7)76(45-59-29-35-62(95)36-30-59)88(124)101-66(23-16-39-96)90(126)111-40-17-25-73(111)86(122)104-69(47-60-48-98-65-22-15-14-21-64(60)65)84(120)103-68(43-58-31-37-63(114)38-32-58)83(119)102-67(42-54(2)3)82(118)106-72(81(117)99-49-78(97)115)51-131-52-79(116)100-70(44-57-27-33-61(94)34-28-57)89(125)110(8)77(91(127)108(75)6)46-56-19-12-11-13-20-56/h11-15,19-22,27-38,48,53-55,66-77,80,98,114H,9-10,16-18,23-26,39-47,49-52,96H2,1-8H3,(H2,97,115)(H,99,117)(H,100,116)(H,101,124)(H,102,119)(H,103,120)(H,104,122)(H,105,123)(H,106,118)(H,107,121)/t66-,67-,68-,69-,70-,71-,72-,73+,74+,75-,76-,77-,80-/m0/s1. The summed E-state index contributed by atoms with van der Waals surface area (Å²) in [5, 5.41) is 35.4. The Morgan fingerprint density at radius 3 is 1.64 bits per heavy atom. The second-order valence-corrected chi connectivity index (χ2v) is 35.1. The molecule has 0 radical (unpaired) electrons. The number of para-hydroxylation sites is 1. The van der Waals surface area contributed by atoms with Crippen molar-refractivity contribution in [2.24, 2.45) is 23.3 Å². The van der Waals surface area contributed by atoms with Crippen LogP contribution in [0.2, 0.25) is 0 Å². The van der Waals surface area contributed by atoms with Crippen LogP contribution in [0.1, 0.15) is 127 Å². The molecule has 38 heteroatoms. The van der Waals surface area contributed by atoms with Gasteiger partial charge in [-0.3, -0.25) is 76.7 Å². The number of aromatic amines is 1. The second-order valence-electron chi connectivity index (χ2n) is 34.1. The minimum atomic E-state index is -1.75. The van der Waals surface area contributed by atoms with Crippen molar-refractivity contribution in [1.29, 1.82) is 0 Å². The molecule has 0 saturated carbocycles. The summed E-state index contributed by atoms with van der Waals surface area (Å²) in [4.78, 5) is 246. The largest absolute Gasteiger partial charge is 0.508 e. The van der Waals surface area contributed by atoms with Crippen LogP contribution in [0, 0.1) is 23.5 Å². The molecule has 15 N–H and O–H groups in total. The van der Waals surface area contributed by atoms with Crippen molar-refractivity contribution in [3.63, 3.8) is 0 Å². The number of halogens is 2. The van der Waals surface area contributed by atoms with Gasteiger partial charge in [0.25, 0.3) is 6.47 Å². The molecule has 6 aromatic rings. The van der Waals surface area contributed by atoms with Crippen molar-refractivity contribution in [1.82, 2.24) is 77.3 Å². The third kappa shape index (κ3) is 28.8. The van der Waals surface area contributed by atoms with E-state index in [0.717, 1.165) is 45.8 Å². The highest BCUT2D eigenvalue weighted by Crippen LogP contribution is 2.28. The zero-order valence-corrected chi connectivity index (χ0v) is 75.8. The summed E-state index contributed by atoms with van der Waals surface area (Å²) < 4.78 is 34.4. The second kappa shape index (κ2) is 49.2. The Hall–Kier alpha value is -12.9. The molecule has 5 aromatic carbocycles. The number of unbranched alkanes of at least 4 members (excludes halogenated alkanes) is 1. The summed E-state index contributed by atoms with van der Waals surface area (Å²) in [5.41, 5.74) is 14.4. The average Bonchev–Trinajstić information content (AvgIpc) is 1.32. The van der Waals surface area contributed by atoms with E-state index in [1.807, 2.05) is 6.92 Å². The number of rotatable bonds is 25. The first-order valence-corrected chi connectivity index (χ1v) is 45.3. The number of hydrogen-bond acceptors (Lipinski definition) is 20. The number of likely N-dealkylation sites (N-methyl/N-ethyl adjacent to an activating group) is 3. The topological polar surface area (TPSA) is 495 Å². The Balaban J connectivity index is 1.12. The van der Waals surface area contributed by atoms with E-state index >= 15 is 47.9 Å². The molecule has 0 unspecified atom stereocenters. The predicted octanol–water partition coefficient (Wildman–Crippen LogP) is 2.16. The molecular weight excluding hydrogens is 1710 g/mol. The smallest absolute Gasteiger partial charge is 0.293 e. The molecular formula is C93H121F2N17O18S. The van der Waals surface area contributed by atoms with Gasteiger partial charge in [-0.15, -0.1) is 11.8 Å². The number of phenolic OH excluding ortho intramolecular Hbond substituents is 1. The number of ether oxygens (including phenoxy) is 1. The van der Waals surface area contributed by atoms with Crippen LogP contribution in [-0.4, -0.2) is 274 Å². The van der Waals surface area contributed by atoms with Crippen molar-refractivity contribution in [3.05, 3.63) is 173 Å². The number of H-pyrrole nitrogens is 1. The number of fused-ring (bicyclic) bond motifs is 3. The Kier molecular flexibility index (Phi) is 38.3. The van der Waals surface area contributed by atoms with Crippen LogP contribution in [0.25, 0.3) is 10.9 Å². The zero-order valence-electron chi connectivity index (χ0n) is 74.9. The number of nitrogens with zero attached hydrogens (tertiary/aromatic N) is 5. The van der Waals surface area contributed by atoms with Crippen LogP contribution in [0.5, 0.6) is 5.75 Å². The van der Waals surface area contributed by atoms with Gasteiger partial charge in [0.1, 0.15) is 103 Å². The van der Waals surface area contributed by atoms with E-state index in [-0.39, 0.29) is 121 Å². The molecule has 3 aliphatic rings. The van der Waals surface area contributed by atoms with Gasteiger partial charge in [-0.1, -0.05) is 132 Å². The molecule has 3 fully saturated rings. The highest BCUT2D eigenvalue weighted by atomic mass is 32.2. The summed E-state index contributed by atoms with van der Waals surface area (Å²) in [6.45, 7) is 6.98. The summed E-state index contributed by atoms with van der Waals surface area (Å²) in [6.07, 6.45) is 1.76. The maximum atomic E-state index is 15.7. The van der Waals surface area contributed by atoms with Crippen molar-refractivity contribution in [2.75, 3.05) is 65.4 Å². The Labute approximate surface area is 763 Å². The number of phenols is 1. The van der Waals surface area contributed by atoms with Gasteiger partial charge in [0, 0.05) is 89.2 Å². The lowest BCUT2D eigenvalue weighted by Crippen LogP contribution is -2.62. The van der Waals surface area contributed by atoms with Gasteiger partial charge in [0.05, 0.1) is 12.3 Å². The molecule has 13 atom stereocenters. The fourth-order valence-electron chi connectivity index (χ4n) is 16.4. The number of primary amides is 1. The number of carbonyl (C=O) groups is 16. The molecule has 0 spiro atoms. The number of nitrogens with two attached hydrogens (primary N) is 2. The molecule has 3 aliphatic heterocycles. The number of amides is 15. The first-order chi connectivity index (χ1) is 62.6. The summed E-state index contributed by atoms with van der Waals surface area (Å²) in [7, 11) is 4.00. The SMILES string of the molecule is CCCC[C@H]1C(=O)N2CCC[C@@H]2C(=O)N[C@@H](COC=O)C(=O)N[C@@H](C(C)C)C(=O)N(C)[C@@H](Cc2ccc(F)cc2)C(=O)N[C@@H](CCCN)C(=O)N2CCC[C@@H]2C(=O)N[C@@H](Cc2c[nH]c3ccccc23)C(=O)N[C@@H](Cc2ccc(O)cc2)C(=O)N[C@@H](CC(C)C)C(=O)N[C@H](C(=O)NCC(N)=O)CSCC(=O)N[C@@H](Cc2ccc(F)cc2)C(=O)N(C)[C@@H](Cc2ccccc2)C(=O)N1C. The molecule has 35 nitrogen and oxygen atoms in total. The van der Waals surface area contributed by atoms with Crippen molar-refractivity contribution >= 4 is 118 Å². The molecule has 1 aromatic heterocycles. The molecule has 0 aliphatic carbocycles. The number of nitrogens with one attached hydrogen (secondary N) is 10. The monoisotopic (exact) mass is 1830 g/mol. The molecule has 15 amide bonds. The number of thioether (sulfide) groups is 1. The maximum absolute atomic E-state index is 15.7. The Morgan fingerprint density at radius 1 is 0.534 bits per heavy atom. The molecule has 9 rings (SSSR count). The van der Waals surface area contributed by atoms with E-state index in [4.69, 9.17) is 16.2 Å². The van der Waals surface area contributed by atoms with E-state index in [1.54, 1.807) is 88.5 Å². The lowest BCUT2D eigenvalue weighted by molar-refractivity contribution is -0.152. The van der Waals surface area contributed by atoms with Crippen molar-refractivity contribution in [2.45, 2.75) is 209 Å². The minimum absolute atomic E-state index is 0.0125. The Morgan fingerprint density at radius 2 is 1.05 bits per heavy atom. The first kappa shape index (κ1) is 102. The lowest BCUT2D eigenvalue weighted by atomic mass is 9.98. The number of benzene rings is 5. The van der Waals surface area contributed by atoms with Crippen LogP contribution in [0.15, 0.2) is 134 Å². The fraction of sp³-hybridized carbons (Fsp3) is 0.484. The van der Waals surface area contributed by atoms with Crippen LogP contribution >= 0.6 is 11.8 Å². The molecule has 0 bridgehead atoms. The first-order valence-electron chi connectivity index (χ1n) is 44.2. The van der Waals surface area contributed by atoms with Crippen molar-refractivity contribution in [3.8, 4) is 5.75 Å². The third-order valence-corrected chi connectivity index (χ3v) is 24.6. The van der Waals surface area contributed by atoms with E-state index in [9.17, 15) is 42.7 Å². The maximum Gasteiger partial charge on any atom is 0.293 e. The average molecular weight is 1840 g/mol. The van der Waals surface area contributed by atoms with Gasteiger partial charge in [-0.2, -0.15) is 0 Å². The third-order valence-electron chi connectivity index (χ3n) is 23.6. The van der Waals surface area contributed by atoms with Gasteiger partial charge in [-0.05, 0) is 140 Å². The van der Waals surface area contributed by atoms with E-state index < -0.39 is 209 Å². The quantitative estimate of drug-likeness (QED) is 0.0365. The minimum Gasteiger partial charge on any atom is -0.508 e. The van der Waals surface area contributed by atoms with Crippen LogP contribution in [0.4, 0.5) is 8.78 Å². The summed E-state index contributed by atoms with van der Waals surface area (Å²) >= 11 is 0.796. The lowest BCUT2D eigenvalue weighted by Gasteiger charge is -2.38. The highest BCUT2D eigenvalue weighted by Gasteiger charge is 2.46. The van der Waals surface area contributed by atoms with Crippen LogP contribution in [-0.2, 0) is 114 Å². The molecule has 3 saturated heterocycles. The van der Waals surface area contributed by atoms with Gasteiger partial charge in [0.15, 0.2) is 0 Å². The zero-order chi connectivity index (χ0) is 95.3. The highest BCUT2D eigenvalue weighted by molar-refractivity contribution is 8.00. The van der Waals surface area contributed by atoms with E-state index in [2.05, 4.69) is 52.8 Å². The normalized spacial score (nSPS) is 23.7. The molecule has 4 heterocycles. The van der Waals surface area contributed by atoms with Gasteiger partial charge < -0.3 is 98.6 Å². The van der Waals surface area contributed by atoms with E-state index in [1.165, 1.54) is 84.4 Å². The molecule has 706 valence electrons. The van der Waals surface area contributed by atoms with Gasteiger partial charge in [0.2, 0.25) is 88.6 Å². The fourth-order valence-corrected chi connectivity index (χ4v) is 17.2. The van der Waals surface area contributed by atoms with Gasteiger partial charge in [-0.25, -0.2) is 8.78 Å². The van der Waals surface area contributed by atoms with E-state index in [0.29, 0.717) is 51.6 Å². The number of hydrogen-bond donors (Lipinski definition) is 13. The molecule has 131 heavy (non-hydrogen) atoms. The number of carbonyl (C=O) groups excluding carboxylic acids is 16. The summed E-state index contributed by atoms with van der Waals surface area (Å²) in [5.74, 6) is -16.7. The predicted molar refractivity (Wildman–Crippen MR) is 482 cm³/mol. The van der Waals surface area contributed by atoms with Crippen LogP contribution < -0.4 is 59.3 Å². The van der Waals surface area contributed by atoms with Crippen LogP contribution in [0.3, 0.4) is 0 Å². The number of aromatic nitrogens is 1. The van der Waals surface area contributed by atoms with Crippen molar-refractivity contribution < 1.29 is 95.3 Å².